The lowest BCUT2D eigenvalue weighted by atomic mass is 9.61. The number of hydrogen-bond donors (Lipinski definition) is 0. The molecule has 0 amide bonds. The predicted molar refractivity (Wildman–Crippen MR) is 128 cm³/mol. The van der Waals surface area contributed by atoms with Gasteiger partial charge < -0.3 is 18.9 Å². The maximum atomic E-state index is 6.37. The first-order valence-electron chi connectivity index (χ1n) is 12.0. The minimum atomic E-state index is -0.124. The Morgan fingerprint density at radius 3 is 1.37 bits per heavy atom. The van der Waals surface area contributed by atoms with Crippen LogP contribution in [-0.2, 0) is 18.9 Å². The molecule has 3 unspecified atom stereocenters. The SMILES string of the molecule is COCC(CC(C)C)(CC(C)C)C(OC)C(OC)C(CCC(C)C)(COC)C(C)C. The zero-order chi connectivity index (χ0) is 23.5. The van der Waals surface area contributed by atoms with Crippen LogP contribution in [0.4, 0.5) is 0 Å². The van der Waals surface area contributed by atoms with Crippen LogP contribution < -0.4 is 0 Å². The summed E-state index contributed by atoms with van der Waals surface area (Å²) in [4.78, 5) is 0. The van der Waals surface area contributed by atoms with Crippen LogP contribution >= 0.6 is 0 Å². The minimum absolute atomic E-state index is 0.0723. The average Bonchev–Trinajstić information content (AvgIpc) is 2.61. The van der Waals surface area contributed by atoms with Gasteiger partial charge >= 0.3 is 0 Å². The molecule has 0 saturated heterocycles. The molecule has 0 saturated carbocycles. The molecule has 0 aromatic heterocycles. The molecule has 0 spiro atoms. The molecule has 0 aromatic rings. The van der Waals surface area contributed by atoms with Crippen molar-refractivity contribution < 1.29 is 18.9 Å². The highest BCUT2D eigenvalue weighted by molar-refractivity contribution is 5.02. The molecule has 0 aromatic carbocycles. The van der Waals surface area contributed by atoms with E-state index in [4.69, 9.17) is 18.9 Å². The molecule has 4 heteroatoms. The molecule has 0 rings (SSSR count). The van der Waals surface area contributed by atoms with E-state index in [9.17, 15) is 0 Å². The lowest BCUT2D eigenvalue weighted by Crippen LogP contribution is -2.58. The first kappa shape index (κ1) is 29.8. The number of hydrogen-bond acceptors (Lipinski definition) is 4. The third kappa shape index (κ3) is 8.07. The van der Waals surface area contributed by atoms with Crippen LogP contribution in [0.5, 0.6) is 0 Å². The van der Waals surface area contributed by atoms with Gasteiger partial charge in [0, 0.05) is 39.3 Å². The fraction of sp³-hybridized carbons (Fsp3) is 1.00. The Labute approximate surface area is 188 Å². The summed E-state index contributed by atoms with van der Waals surface area (Å²) in [6.45, 7) is 19.7. The molecule has 0 heterocycles. The zero-order valence-corrected chi connectivity index (χ0v) is 22.3. The summed E-state index contributed by atoms with van der Waals surface area (Å²) in [7, 11) is 7.32. The molecule has 3 atom stereocenters. The van der Waals surface area contributed by atoms with Gasteiger partial charge in [-0.1, -0.05) is 61.8 Å². The standard InChI is InChI=1S/C26H54O4/c1-19(2)13-14-26(18-28-10,22(7)8)24(30-12)23(29-11)25(17-27-9,15-20(3)4)16-21(5)6/h19-24H,13-18H2,1-12H3. The van der Waals surface area contributed by atoms with Gasteiger partial charge in [0.1, 0.15) is 0 Å². The Morgan fingerprint density at radius 2 is 1.07 bits per heavy atom. The summed E-state index contributed by atoms with van der Waals surface area (Å²) < 4.78 is 24.4. The second kappa shape index (κ2) is 14.1. The number of rotatable bonds is 17. The van der Waals surface area contributed by atoms with Crippen molar-refractivity contribution in [2.75, 3.05) is 41.7 Å². The third-order valence-corrected chi connectivity index (χ3v) is 6.76. The summed E-state index contributed by atoms with van der Waals surface area (Å²) in [5.41, 5.74) is -0.236. The largest absolute Gasteiger partial charge is 0.384 e. The Morgan fingerprint density at radius 1 is 0.600 bits per heavy atom. The van der Waals surface area contributed by atoms with E-state index in [0.29, 0.717) is 36.9 Å². The molecule has 0 aliphatic rings. The summed E-state index contributed by atoms with van der Waals surface area (Å²) >= 11 is 0. The van der Waals surface area contributed by atoms with Crippen molar-refractivity contribution in [3.63, 3.8) is 0 Å². The third-order valence-electron chi connectivity index (χ3n) is 6.76. The lowest BCUT2D eigenvalue weighted by Gasteiger charge is -2.52. The molecule has 30 heavy (non-hydrogen) atoms. The number of methoxy groups -OCH3 is 4. The monoisotopic (exact) mass is 430 g/mol. The second-order valence-corrected chi connectivity index (χ2v) is 11.1. The van der Waals surface area contributed by atoms with Crippen LogP contribution in [0.25, 0.3) is 0 Å². The van der Waals surface area contributed by atoms with Gasteiger partial charge in [-0.3, -0.25) is 0 Å². The zero-order valence-electron chi connectivity index (χ0n) is 22.3. The van der Waals surface area contributed by atoms with E-state index in [2.05, 4.69) is 55.4 Å². The van der Waals surface area contributed by atoms with E-state index in [1.54, 1.807) is 0 Å². The van der Waals surface area contributed by atoms with Crippen molar-refractivity contribution in [3.05, 3.63) is 0 Å². The summed E-state index contributed by atoms with van der Waals surface area (Å²) in [6.07, 6.45) is 4.14. The lowest BCUT2D eigenvalue weighted by molar-refractivity contribution is -0.196. The topological polar surface area (TPSA) is 36.9 Å². The molecular formula is C26H54O4. The van der Waals surface area contributed by atoms with Crippen molar-refractivity contribution in [1.82, 2.24) is 0 Å². The molecule has 0 aliphatic heterocycles. The fourth-order valence-electron chi connectivity index (χ4n) is 5.69. The first-order chi connectivity index (χ1) is 14.0. The summed E-state index contributed by atoms with van der Waals surface area (Å²) in [5, 5.41) is 0. The predicted octanol–water partition coefficient (Wildman–Crippen LogP) is 6.47. The first-order valence-corrected chi connectivity index (χ1v) is 12.0. The highest BCUT2D eigenvalue weighted by Gasteiger charge is 2.53. The van der Waals surface area contributed by atoms with Gasteiger partial charge in [-0.15, -0.1) is 0 Å². The smallest absolute Gasteiger partial charge is 0.0919 e. The maximum Gasteiger partial charge on any atom is 0.0919 e. The van der Waals surface area contributed by atoms with Crippen LogP contribution in [0, 0.1) is 34.5 Å². The Bertz CT molecular complexity index is 423. The van der Waals surface area contributed by atoms with E-state index < -0.39 is 0 Å². The van der Waals surface area contributed by atoms with E-state index in [1.807, 2.05) is 28.4 Å². The highest BCUT2D eigenvalue weighted by Crippen LogP contribution is 2.48. The van der Waals surface area contributed by atoms with Crippen LogP contribution in [0.2, 0.25) is 0 Å². The molecule has 182 valence electrons. The van der Waals surface area contributed by atoms with Crippen LogP contribution in [0.15, 0.2) is 0 Å². The Kier molecular flexibility index (Phi) is 14.0. The van der Waals surface area contributed by atoms with Crippen LogP contribution in [0.3, 0.4) is 0 Å². The second-order valence-electron chi connectivity index (χ2n) is 11.1. The van der Waals surface area contributed by atoms with E-state index in [1.165, 1.54) is 0 Å². The van der Waals surface area contributed by atoms with Crippen molar-refractivity contribution >= 4 is 0 Å². The molecule has 4 nitrogen and oxygen atoms in total. The normalized spacial score (nSPS) is 17.2. The fourth-order valence-corrected chi connectivity index (χ4v) is 5.69. The minimum Gasteiger partial charge on any atom is -0.384 e. The van der Waals surface area contributed by atoms with E-state index in [-0.39, 0.29) is 23.0 Å². The Balaban J connectivity index is 6.56. The van der Waals surface area contributed by atoms with E-state index in [0.717, 1.165) is 25.7 Å². The van der Waals surface area contributed by atoms with Gasteiger partial charge in [-0.05, 0) is 42.9 Å². The van der Waals surface area contributed by atoms with Gasteiger partial charge in [0.05, 0.1) is 25.4 Å². The van der Waals surface area contributed by atoms with Crippen molar-refractivity contribution in [1.29, 1.82) is 0 Å². The van der Waals surface area contributed by atoms with Gasteiger partial charge in [0.25, 0.3) is 0 Å². The number of ether oxygens (including phenoxy) is 4. The molecule has 0 bridgehead atoms. The molecule has 0 fully saturated rings. The van der Waals surface area contributed by atoms with Crippen LogP contribution in [0.1, 0.15) is 81.1 Å². The molecular weight excluding hydrogens is 376 g/mol. The van der Waals surface area contributed by atoms with Gasteiger partial charge in [-0.2, -0.15) is 0 Å². The maximum absolute atomic E-state index is 6.37. The van der Waals surface area contributed by atoms with Crippen LogP contribution in [-0.4, -0.2) is 53.9 Å². The summed E-state index contributed by atoms with van der Waals surface area (Å²) in [6, 6.07) is 0. The molecule has 0 radical (unpaired) electrons. The Hall–Kier alpha value is -0.160. The van der Waals surface area contributed by atoms with Crippen molar-refractivity contribution in [2.45, 2.75) is 93.3 Å². The molecule has 0 N–H and O–H groups in total. The van der Waals surface area contributed by atoms with Crippen molar-refractivity contribution in [3.8, 4) is 0 Å². The van der Waals surface area contributed by atoms with Gasteiger partial charge in [-0.25, -0.2) is 0 Å². The molecule has 0 aliphatic carbocycles. The van der Waals surface area contributed by atoms with Gasteiger partial charge in [0.2, 0.25) is 0 Å². The van der Waals surface area contributed by atoms with Crippen molar-refractivity contribution in [2.24, 2.45) is 34.5 Å². The quantitative estimate of drug-likeness (QED) is 0.265. The summed E-state index contributed by atoms with van der Waals surface area (Å²) in [5.74, 6) is 2.12. The van der Waals surface area contributed by atoms with Gasteiger partial charge in [0.15, 0.2) is 0 Å². The highest BCUT2D eigenvalue weighted by atomic mass is 16.5. The van der Waals surface area contributed by atoms with E-state index >= 15 is 0 Å². The average molecular weight is 431 g/mol.